The van der Waals surface area contributed by atoms with E-state index in [0.717, 1.165) is 64.3 Å². The second-order valence-corrected chi connectivity index (χ2v) is 9.08. The van der Waals surface area contributed by atoms with Crippen LogP contribution in [0.3, 0.4) is 0 Å². The van der Waals surface area contributed by atoms with Crippen LogP contribution in [0.2, 0.25) is 0 Å². The summed E-state index contributed by atoms with van der Waals surface area (Å²) in [5.74, 6) is 1.26. The van der Waals surface area contributed by atoms with Crippen LogP contribution in [-0.2, 0) is 14.3 Å². The van der Waals surface area contributed by atoms with Gasteiger partial charge in [-0.3, -0.25) is 14.5 Å². The topological polar surface area (TPSA) is 71.1 Å². The standard InChI is InChI=1S/C24H35N3O4/c1-19(28)27-11-8-20-17-21(26-12-15-30-16-13-26)7-9-24(20,18-27)23(29)25-10-14-31-22-5-3-2-4-6-22/h2-6,20-21H,7-18H2,1H3,(H,25,29)/t20-,21-,24-/m1/s1. The van der Waals surface area contributed by atoms with Crippen molar-refractivity contribution in [3.63, 3.8) is 0 Å². The van der Waals surface area contributed by atoms with E-state index in [2.05, 4.69) is 10.2 Å². The summed E-state index contributed by atoms with van der Waals surface area (Å²) in [6, 6.07) is 10.2. The van der Waals surface area contributed by atoms with Crippen LogP contribution in [-0.4, -0.2) is 80.2 Å². The van der Waals surface area contributed by atoms with Gasteiger partial charge in [-0.25, -0.2) is 0 Å². The number of morpholine rings is 1. The Kier molecular flexibility index (Phi) is 7.13. The van der Waals surface area contributed by atoms with Crippen molar-refractivity contribution in [2.24, 2.45) is 11.3 Å². The summed E-state index contributed by atoms with van der Waals surface area (Å²) in [5, 5.41) is 3.13. The Morgan fingerprint density at radius 2 is 1.94 bits per heavy atom. The molecule has 1 aliphatic carbocycles. The van der Waals surface area contributed by atoms with Crippen molar-refractivity contribution in [2.45, 2.75) is 38.6 Å². The lowest BCUT2D eigenvalue weighted by Crippen LogP contribution is -2.61. The highest BCUT2D eigenvalue weighted by atomic mass is 16.5. The molecule has 4 rings (SSSR count). The summed E-state index contributed by atoms with van der Waals surface area (Å²) >= 11 is 0. The normalized spacial score (nSPS) is 29.1. The summed E-state index contributed by atoms with van der Waals surface area (Å²) in [4.78, 5) is 30.0. The summed E-state index contributed by atoms with van der Waals surface area (Å²) < 4.78 is 11.3. The first kappa shape index (κ1) is 22.1. The average molecular weight is 430 g/mol. The number of nitrogens with one attached hydrogen (secondary N) is 1. The molecule has 3 fully saturated rings. The summed E-state index contributed by atoms with van der Waals surface area (Å²) in [6.45, 7) is 7.35. The first-order chi connectivity index (χ1) is 15.1. The van der Waals surface area contributed by atoms with E-state index < -0.39 is 5.41 Å². The molecular weight excluding hydrogens is 394 g/mol. The molecule has 0 aromatic heterocycles. The molecule has 2 saturated heterocycles. The number of hydrogen-bond donors (Lipinski definition) is 1. The predicted octanol–water partition coefficient (Wildman–Crippen LogP) is 1.92. The molecular formula is C24H35N3O4. The molecule has 0 unspecified atom stereocenters. The second-order valence-electron chi connectivity index (χ2n) is 9.08. The predicted molar refractivity (Wildman–Crippen MR) is 118 cm³/mol. The van der Waals surface area contributed by atoms with Crippen LogP contribution >= 0.6 is 0 Å². The number of benzene rings is 1. The molecule has 7 heteroatoms. The van der Waals surface area contributed by atoms with E-state index in [1.54, 1.807) is 6.92 Å². The quantitative estimate of drug-likeness (QED) is 0.700. The van der Waals surface area contributed by atoms with Gasteiger partial charge in [0.2, 0.25) is 11.8 Å². The first-order valence-electron chi connectivity index (χ1n) is 11.6. The van der Waals surface area contributed by atoms with Crippen LogP contribution in [0, 0.1) is 11.3 Å². The minimum absolute atomic E-state index is 0.0633. The van der Waals surface area contributed by atoms with Crippen LogP contribution in [0.25, 0.3) is 0 Å². The number of carbonyl (C=O) groups excluding carboxylic acids is 2. The van der Waals surface area contributed by atoms with E-state index in [-0.39, 0.29) is 11.8 Å². The third kappa shape index (κ3) is 5.04. The number of para-hydroxylation sites is 1. The fourth-order valence-corrected chi connectivity index (χ4v) is 5.57. The van der Waals surface area contributed by atoms with Gasteiger partial charge in [-0.1, -0.05) is 18.2 Å². The zero-order chi connectivity index (χ0) is 21.7. The van der Waals surface area contributed by atoms with Crippen LogP contribution in [0.1, 0.15) is 32.6 Å². The molecule has 1 N–H and O–H groups in total. The molecule has 170 valence electrons. The van der Waals surface area contributed by atoms with Gasteiger partial charge in [0.1, 0.15) is 12.4 Å². The van der Waals surface area contributed by atoms with E-state index in [0.29, 0.717) is 31.7 Å². The maximum atomic E-state index is 13.5. The number of piperidine rings is 1. The van der Waals surface area contributed by atoms with Crippen molar-refractivity contribution in [2.75, 3.05) is 52.5 Å². The largest absolute Gasteiger partial charge is 0.492 e. The summed E-state index contributed by atoms with van der Waals surface area (Å²) in [5.41, 5.74) is -0.487. The van der Waals surface area contributed by atoms with Crippen LogP contribution in [0.4, 0.5) is 0 Å². The Balaban J connectivity index is 1.39. The first-order valence-corrected chi connectivity index (χ1v) is 11.6. The van der Waals surface area contributed by atoms with Crippen LogP contribution in [0.5, 0.6) is 5.75 Å². The number of rotatable bonds is 6. The molecule has 1 aromatic rings. The van der Waals surface area contributed by atoms with E-state index >= 15 is 0 Å². The lowest BCUT2D eigenvalue weighted by atomic mass is 9.61. The summed E-state index contributed by atoms with van der Waals surface area (Å²) in [7, 11) is 0. The number of nitrogens with zero attached hydrogens (tertiary/aromatic N) is 2. The summed E-state index contributed by atoms with van der Waals surface area (Å²) in [6.07, 6.45) is 3.75. The minimum atomic E-state index is -0.487. The number of likely N-dealkylation sites (tertiary alicyclic amines) is 1. The van der Waals surface area contributed by atoms with Crippen LogP contribution < -0.4 is 10.1 Å². The lowest BCUT2D eigenvalue weighted by Gasteiger charge is -2.53. The number of carbonyl (C=O) groups is 2. The molecule has 7 nitrogen and oxygen atoms in total. The van der Waals surface area contributed by atoms with E-state index in [9.17, 15) is 9.59 Å². The number of amides is 2. The van der Waals surface area contributed by atoms with Crippen molar-refractivity contribution in [1.29, 1.82) is 0 Å². The zero-order valence-electron chi connectivity index (χ0n) is 18.6. The van der Waals surface area contributed by atoms with E-state index in [1.807, 2.05) is 35.2 Å². The molecule has 0 spiro atoms. The highest BCUT2D eigenvalue weighted by Gasteiger charge is 2.52. The highest BCUT2D eigenvalue weighted by molar-refractivity contribution is 5.85. The second kappa shape index (κ2) is 10.0. The minimum Gasteiger partial charge on any atom is -0.492 e. The van der Waals surface area contributed by atoms with Crippen molar-refractivity contribution >= 4 is 11.8 Å². The van der Waals surface area contributed by atoms with Crippen LogP contribution in [0.15, 0.2) is 30.3 Å². The number of ether oxygens (including phenoxy) is 2. The van der Waals surface area contributed by atoms with E-state index in [1.165, 1.54) is 0 Å². The lowest BCUT2D eigenvalue weighted by molar-refractivity contribution is -0.150. The van der Waals surface area contributed by atoms with Gasteiger partial charge in [0.25, 0.3) is 0 Å². The molecule has 0 bridgehead atoms. The monoisotopic (exact) mass is 429 g/mol. The fraction of sp³-hybridized carbons (Fsp3) is 0.667. The van der Waals surface area contributed by atoms with E-state index in [4.69, 9.17) is 9.47 Å². The van der Waals surface area contributed by atoms with Gasteiger partial charge < -0.3 is 19.7 Å². The number of hydrogen-bond acceptors (Lipinski definition) is 5. The smallest absolute Gasteiger partial charge is 0.228 e. The zero-order valence-corrected chi connectivity index (χ0v) is 18.6. The highest BCUT2D eigenvalue weighted by Crippen LogP contribution is 2.47. The third-order valence-electron chi connectivity index (χ3n) is 7.34. The molecule has 3 aliphatic rings. The van der Waals surface area contributed by atoms with Crippen molar-refractivity contribution in [1.82, 2.24) is 15.1 Å². The Labute approximate surface area is 185 Å². The Morgan fingerprint density at radius 1 is 1.16 bits per heavy atom. The average Bonchev–Trinajstić information content (AvgIpc) is 2.82. The van der Waals surface area contributed by atoms with Gasteiger partial charge in [-0.05, 0) is 43.7 Å². The SMILES string of the molecule is CC(=O)N1CC[C@@H]2C[C@H](N3CCOCC3)CC[C@@]2(C(=O)NCCOc2ccccc2)C1. The van der Waals surface area contributed by atoms with Gasteiger partial charge in [-0.2, -0.15) is 0 Å². The maximum absolute atomic E-state index is 13.5. The van der Waals surface area contributed by atoms with Gasteiger partial charge in [0.05, 0.1) is 25.2 Å². The van der Waals surface area contributed by atoms with Gasteiger partial charge >= 0.3 is 0 Å². The molecule has 31 heavy (non-hydrogen) atoms. The number of fused-ring (bicyclic) bond motifs is 1. The molecule has 2 amide bonds. The van der Waals surface area contributed by atoms with Crippen molar-refractivity contribution in [3.05, 3.63) is 30.3 Å². The fourth-order valence-electron chi connectivity index (χ4n) is 5.57. The Bertz CT molecular complexity index is 752. The third-order valence-corrected chi connectivity index (χ3v) is 7.34. The molecule has 1 saturated carbocycles. The Hall–Kier alpha value is -2.12. The van der Waals surface area contributed by atoms with Gasteiger partial charge in [-0.15, -0.1) is 0 Å². The molecule has 1 aromatic carbocycles. The van der Waals surface area contributed by atoms with Gasteiger partial charge in [0, 0.05) is 39.1 Å². The maximum Gasteiger partial charge on any atom is 0.228 e. The molecule has 2 heterocycles. The van der Waals surface area contributed by atoms with Crippen molar-refractivity contribution in [3.8, 4) is 5.75 Å². The van der Waals surface area contributed by atoms with Crippen molar-refractivity contribution < 1.29 is 19.1 Å². The molecule has 0 radical (unpaired) electrons. The molecule has 2 aliphatic heterocycles. The van der Waals surface area contributed by atoms with Gasteiger partial charge in [0.15, 0.2) is 0 Å². The molecule has 3 atom stereocenters. The Morgan fingerprint density at radius 3 is 2.68 bits per heavy atom.